The first-order valence-corrected chi connectivity index (χ1v) is 9.25. The highest BCUT2D eigenvalue weighted by atomic mass is 35.5. The molecule has 0 bridgehead atoms. The molecule has 26 heavy (non-hydrogen) atoms. The highest BCUT2D eigenvalue weighted by Crippen LogP contribution is 2.23. The van der Waals surface area contributed by atoms with Crippen LogP contribution in [0, 0.1) is 19.8 Å². The van der Waals surface area contributed by atoms with E-state index in [1.54, 1.807) is 29.2 Å². The van der Waals surface area contributed by atoms with Crippen LogP contribution in [0.15, 0.2) is 42.5 Å². The van der Waals surface area contributed by atoms with Crippen LogP contribution in [-0.4, -0.2) is 29.8 Å². The van der Waals surface area contributed by atoms with Gasteiger partial charge >= 0.3 is 0 Å². The molecule has 2 aromatic rings. The van der Waals surface area contributed by atoms with Gasteiger partial charge in [-0.25, -0.2) is 0 Å². The van der Waals surface area contributed by atoms with Gasteiger partial charge in [0.25, 0.3) is 5.91 Å². The molecule has 5 heteroatoms. The van der Waals surface area contributed by atoms with Crippen molar-refractivity contribution in [2.24, 2.45) is 5.92 Å². The summed E-state index contributed by atoms with van der Waals surface area (Å²) in [4.78, 5) is 27.2. The Morgan fingerprint density at radius 3 is 2.58 bits per heavy atom. The fourth-order valence-electron chi connectivity index (χ4n) is 3.27. The lowest BCUT2D eigenvalue weighted by Gasteiger charge is -2.32. The Kier molecular flexibility index (Phi) is 5.62. The smallest absolute Gasteiger partial charge is 0.253 e. The molecule has 4 nitrogen and oxygen atoms in total. The molecule has 2 aromatic carbocycles. The van der Waals surface area contributed by atoms with Crippen molar-refractivity contribution in [1.29, 1.82) is 0 Å². The predicted molar refractivity (Wildman–Crippen MR) is 105 cm³/mol. The van der Waals surface area contributed by atoms with Crippen LogP contribution in [0.4, 0.5) is 5.69 Å². The molecule has 136 valence electrons. The number of benzene rings is 2. The predicted octanol–water partition coefficient (Wildman–Crippen LogP) is 4.45. The average Bonchev–Trinajstić information content (AvgIpc) is 2.65. The number of carbonyl (C=O) groups is 2. The third-order valence-electron chi connectivity index (χ3n) is 5.03. The Morgan fingerprint density at radius 1 is 1.12 bits per heavy atom. The summed E-state index contributed by atoms with van der Waals surface area (Å²) in [6.45, 7) is 5.15. The zero-order valence-electron chi connectivity index (χ0n) is 15.1. The van der Waals surface area contributed by atoms with Crippen LogP contribution in [-0.2, 0) is 4.79 Å². The van der Waals surface area contributed by atoms with E-state index in [2.05, 4.69) is 5.32 Å². The van der Waals surface area contributed by atoms with Gasteiger partial charge in [-0.05, 0) is 68.1 Å². The van der Waals surface area contributed by atoms with Crippen molar-refractivity contribution in [3.05, 3.63) is 64.2 Å². The van der Waals surface area contributed by atoms with E-state index in [0.717, 1.165) is 29.7 Å². The third-order valence-corrected chi connectivity index (χ3v) is 5.29. The van der Waals surface area contributed by atoms with Crippen LogP contribution in [0.25, 0.3) is 0 Å². The van der Waals surface area contributed by atoms with Gasteiger partial charge in [0.05, 0.1) is 5.92 Å². The number of likely N-dealkylation sites (tertiary alicyclic amines) is 1. The molecule has 0 radical (unpaired) electrons. The van der Waals surface area contributed by atoms with E-state index in [-0.39, 0.29) is 17.7 Å². The summed E-state index contributed by atoms with van der Waals surface area (Å²) in [5.41, 5.74) is 3.66. The average molecular weight is 371 g/mol. The fourth-order valence-corrected chi connectivity index (χ4v) is 3.40. The molecule has 0 spiro atoms. The minimum absolute atomic E-state index is 0.0210. The summed E-state index contributed by atoms with van der Waals surface area (Å²) in [7, 11) is 0. The Hall–Kier alpha value is -2.33. The lowest BCUT2D eigenvalue weighted by Crippen LogP contribution is -2.43. The molecule has 1 fully saturated rings. The number of halogens is 1. The SMILES string of the molecule is Cc1cccc(NC(=O)[C@H]2CCCN(C(=O)c3ccc(Cl)cc3)C2)c1C. The van der Waals surface area contributed by atoms with Crippen molar-refractivity contribution < 1.29 is 9.59 Å². The molecule has 3 rings (SSSR count). The number of amides is 2. The molecule has 1 heterocycles. The molecule has 0 aromatic heterocycles. The number of rotatable bonds is 3. The zero-order valence-corrected chi connectivity index (χ0v) is 15.8. The Morgan fingerprint density at radius 2 is 1.85 bits per heavy atom. The van der Waals surface area contributed by atoms with Gasteiger partial charge in [-0.3, -0.25) is 9.59 Å². The quantitative estimate of drug-likeness (QED) is 0.867. The lowest BCUT2D eigenvalue weighted by molar-refractivity contribution is -0.121. The lowest BCUT2D eigenvalue weighted by atomic mass is 9.96. The van der Waals surface area contributed by atoms with Gasteiger partial charge in [0, 0.05) is 29.4 Å². The standard InChI is InChI=1S/C21H23ClN2O2/c1-14-5-3-7-19(15(14)2)23-20(25)17-6-4-12-24(13-17)21(26)16-8-10-18(22)11-9-16/h3,5,7-11,17H,4,6,12-13H2,1-2H3,(H,23,25)/t17-/m0/s1. The number of hydrogen-bond acceptors (Lipinski definition) is 2. The second kappa shape index (κ2) is 7.92. The minimum atomic E-state index is -0.195. The maximum absolute atomic E-state index is 12.7. The van der Waals surface area contributed by atoms with Gasteiger partial charge in [0.1, 0.15) is 0 Å². The van der Waals surface area contributed by atoms with Crippen LogP contribution >= 0.6 is 11.6 Å². The summed E-state index contributed by atoms with van der Waals surface area (Å²) in [5.74, 6) is -0.266. The fraction of sp³-hybridized carbons (Fsp3) is 0.333. The zero-order chi connectivity index (χ0) is 18.7. The Labute approximate surface area is 159 Å². The van der Waals surface area contributed by atoms with Crippen LogP contribution in [0.1, 0.15) is 34.3 Å². The molecule has 1 N–H and O–H groups in total. The van der Waals surface area contributed by atoms with Gasteiger partial charge < -0.3 is 10.2 Å². The van der Waals surface area contributed by atoms with E-state index < -0.39 is 0 Å². The number of hydrogen-bond donors (Lipinski definition) is 1. The van der Waals surface area contributed by atoms with E-state index >= 15 is 0 Å². The van der Waals surface area contributed by atoms with Crippen molar-refractivity contribution >= 4 is 29.1 Å². The van der Waals surface area contributed by atoms with Crippen molar-refractivity contribution in [3.8, 4) is 0 Å². The van der Waals surface area contributed by atoms with Crippen LogP contribution in [0.2, 0.25) is 5.02 Å². The van der Waals surface area contributed by atoms with E-state index in [0.29, 0.717) is 23.7 Å². The largest absolute Gasteiger partial charge is 0.338 e. The topological polar surface area (TPSA) is 49.4 Å². The molecule has 1 atom stereocenters. The molecular weight excluding hydrogens is 348 g/mol. The first kappa shape index (κ1) is 18.5. The van der Waals surface area contributed by atoms with Crippen molar-refractivity contribution in [3.63, 3.8) is 0 Å². The Bertz CT molecular complexity index is 817. The van der Waals surface area contributed by atoms with E-state index in [1.165, 1.54) is 0 Å². The van der Waals surface area contributed by atoms with Crippen molar-refractivity contribution in [1.82, 2.24) is 4.90 Å². The Balaban J connectivity index is 1.67. The van der Waals surface area contributed by atoms with Crippen molar-refractivity contribution in [2.75, 3.05) is 18.4 Å². The molecule has 1 aliphatic heterocycles. The maximum atomic E-state index is 12.7. The van der Waals surface area contributed by atoms with E-state index in [1.807, 2.05) is 32.0 Å². The minimum Gasteiger partial charge on any atom is -0.338 e. The monoisotopic (exact) mass is 370 g/mol. The van der Waals surface area contributed by atoms with Gasteiger partial charge in [-0.2, -0.15) is 0 Å². The summed E-state index contributed by atoms with van der Waals surface area (Å²) in [6.07, 6.45) is 1.62. The van der Waals surface area contributed by atoms with Gasteiger partial charge in [-0.1, -0.05) is 23.7 Å². The number of nitrogens with one attached hydrogen (secondary N) is 1. The number of carbonyl (C=O) groups excluding carboxylic acids is 2. The maximum Gasteiger partial charge on any atom is 0.253 e. The van der Waals surface area contributed by atoms with Crippen molar-refractivity contribution in [2.45, 2.75) is 26.7 Å². The van der Waals surface area contributed by atoms with E-state index in [9.17, 15) is 9.59 Å². The summed E-state index contributed by atoms with van der Waals surface area (Å²) < 4.78 is 0. The summed E-state index contributed by atoms with van der Waals surface area (Å²) >= 11 is 5.89. The molecular formula is C21H23ClN2O2. The van der Waals surface area contributed by atoms with Gasteiger partial charge in [0.2, 0.25) is 5.91 Å². The molecule has 1 aliphatic rings. The van der Waals surface area contributed by atoms with Crippen LogP contribution in [0.5, 0.6) is 0 Å². The highest BCUT2D eigenvalue weighted by Gasteiger charge is 2.29. The normalized spacial score (nSPS) is 17.0. The number of anilines is 1. The molecule has 2 amide bonds. The number of aryl methyl sites for hydroxylation is 1. The number of piperidine rings is 1. The first-order chi connectivity index (χ1) is 12.5. The molecule has 0 unspecified atom stereocenters. The first-order valence-electron chi connectivity index (χ1n) is 8.87. The molecule has 0 saturated carbocycles. The second-order valence-corrected chi connectivity index (χ2v) is 7.27. The van der Waals surface area contributed by atoms with Gasteiger partial charge in [0.15, 0.2) is 0 Å². The van der Waals surface area contributed by atoms with Crippen LogP contribution < -0.4 is 5.32 Å². The molecule has 0 aliphatic carbocycles. The number of nitrogens with zero attached hydrogens (tertiary/aromatic N) is 1. The summed E-state index contributed by atoms with van der Waals surface area (Å²) in [6, 6.07) is 12.8. The summed E-state index contributed by atoms with van der Waals surface area (Å²) in [5, 5.41) is 3.64. The second-order valence-electron chi connectivity index (χ2n) is 6.83. The van der Waals surface area contributed by atoms with Gasteiger partial charge in [-0.15, -0.1) is 0 Å². The highest BCUT2D eigenvalue weighted by molar-refractivity contribution is 6.30. The third kappa shape index (κ3) is 4.07. The van der Waals surface area contributed by atoms with E-state index in [4.69, 9.17) is 11.6 Å². The molecule has 1 saturated heterocycles. The van der Waals surface area contributed by atoms with Crippen LogP contribution in [0.3, 0.4) is 0 Å².